The molecule has 2 aromatic carbocycles. The molecule has 0 saturated carbocycles. The first-order valence-electron chi connectivity index (χ1n) is 9.94. The maximum Gasteiger partial charge on any atom is 0.268 e. The molecule has 1 N–H and O–H groups in total. The molecule has 1 aromatic heterocycles. The van der Waals surface area contributed by atoms with Crippen LogP contribution in [0.1, 0.15) is 5.56 Å². The summed E-state index contributed by atoms with van der Waals surface area (Å²) in [7, 11) is 3.12. The Morgan fingerprint density at radius 3 is 2.47 bits per heavy atom. The number of nitrogens with one attached hydrogen (secondary N) is 1. The van der Waals surface area contributed by atoms with E-state index in [-0.39, 0.29) is 5.57 Å². The Labute approximate surface area is 205 Å². The minimum atomic E-state index is -0.568. The second-order valence-corrected chi connectivity index (χ2v) is 8.02. The van der Waals surface area contributed by atoms with E-state index in [1.807, 2.05) is 36.6 Å². The summed E-state index contributed by atoms with van der Waals surface area (Å²) in [5, 5.41) is 12.9. The van der Waals surface area contributed by atoms with E-state index in [2.05, 4.69) is 14.7 Å². The third-order valence-corrected chi connectivity index (χ3v) is 5.64. The van der Waals surface area contributed by atoms with E-state index in [9.17, 15) is 10.1 Å². The Bertz CT molecular complexity index is 1190. The summed E-state index contributed by atoms with van der Waals surface area (Å²) in [6.45, 7) is 0.628. The van der Waals surface area contributed by atoms with Crippen LogP contribution in [0.4, 0.5) is 5.13 Å². The van der Waals surface area contributed by atoms with E-state index < -0.39 is 5.91 Å². The van der Waals surface area contributed by atoms with Crippen molar-refractivity contribution in [3.63, 3.8) is 0 Å². The Morgan fingerprint density at radius 2 is 1.82 bits per heavy atom. The fourth-order valence-electron chi connectivity index (χ4n) is 2.70. The summed E-state index contributed by atoms with van der Waals surface area (Å²) < 4.78 is 26.0. The number of benzene rings is 2. The molecule has 34 heavy (non-hydrogen) atoms. The van der Waals surface area contributed by atoms with Crippen LogP contribution >= 0.6 is 23.3 Å². The number of rotatable bonds is 11. The van der Waals surface area contributed by atoms with Crippen LogP contribution in [0, 0.1) is 11.3 Å². The molecule has 1 amide bonds. The van der Waals surface area contributed by atoms with Gasteiger partial charge in [0.2, 0.25) is 10.3 Å². The number of carbonyl (C=O) groups is 1. The first-order chi connectivity index (χ1) is 16.6. The van der Waals surface area contributed by atoms with E-state index in [1.54, 1.807) is 25.3 Å². The number of nitrogens with zero attached hydrogens (tertiary/aromatic N) is 3. The molecule has 0 aliphatic heterocycles. The first-order valence-corrected chi connectivity index (χ1v) is 11.9. The highest BCUT2D eigenvalue weighted by molar-refractivity contribution is 7.98. The number of ether oxygens (including phenoxy) is 4. The fraction of sp³-hybridized carbons (Fsp3) is 0.217. The molecule has 0 spiro atoms. The Morgan fingerprint density at radius 1 is 1.09 bits per heavy atom. The average molecular weight is 499 g/mol. The van der Waals surface area contributed by atoms with Gasteiger partial charge in [-0.1, -0.05) is 17.8 Å². The van der Waals surface area contributed by atoms with Crippen molar-refractivity contribution in [2.75, 3.05) is 39.0 Å². The van der Waals surface area contributed by atoms with Crippen molar-refractivity contribution in [1.29, 1.82) is 5.26 Å². The van der Waals surface area contributed by atoms with Gasteiger partial charge in [-0.05, 0) is 54.3 Å². The third kappa shape index (κ3) is 6.87. The third-order valence-electron chi connectivity index (χ3n) is 4.34. The van der Waals surface area contributed by atoms with Crippen LogP contribution in [0.3, 0.4) is 0 Å². The molecular weight excluding hydrogens is 476 g/mol. The van der Waals surface area contributed by atoms with E-state index >= 15 is 0 Å². The first kappa shape index (κ1) is 24.9. The van der Waals surface area contributed by atoms with Gasteiger partial charge in [-0.3, -0.25) is 10.1 Å². The van der Waals surface area contributed by atoms with Gasteiger partial charge in [0.1, 0.15) is 36.4 Å². The molecule has 0 bridgehead atoms. The second kappa shape index (κ2) is 12.5. The zero-order valence-corrected chi connectivity index (χ0v) is 20.4. The van der Waals surface area contributed by atoms with Gasteiger partial charge in [0.25, 0.3) is 5.91 Å². The van der Waals surface area contributed by atoms with Gasteiger partial charge in [-0.25, -0.2) is 0 Å². The Hall–Kier alpha value is -3.75. The number of thioether (sulfide) groups is 1. The van der Waals surface area contributed by atoms with E-state index in [0.717, 1.165) is 17.3 Å². The number of methoxy groups -OCH3 is 2. The van der Waals surface area contributed by atoms with Gasteiger partial charge >= 0.3 is 0 Å². The highest BCUT2D eigenvalue weighted by Crippen LogP contribution is 2.29. The van der Waals surface area contributed by atoms with Gasteiger partial charge in [-0.15, -0.1) is 0 Å². The number of aromatic nitrogens is 2. The smallest absolute Gasteiger partial charge is 0.268 e. The number of anilines is 1. The molecule has 9 nitrogen and oxygen atoms in total. The molecule has 0 atom stereocenters. The lowest BCUT2D eigenvalue weighted by molar-refractivity contribution is -0.112. The number of amides is 1. The van der Waals surface area contributed by atoms with Gasteiger partial charge in [-0.2, -0.15) is 14.6 Å². The summed E-state index contributed by atoms with van der Waals surface area (Å²) in [5.74, 6) is 1.87. The lowest BCUT2D eigenvalue weighted by atomic mass is 10.1. The fourth-order valence-corrected chi connectivity index (χ4v) is 3.82. The van der Waals surface area contributed by atoms with Crippen molar-refractivity contribution in [1.82, 2.24) is 9.36 Å². The van der Waals surface area contributed by atoms with Crippen LogP contribution in [-0.2, 0) is 4.79 Å². The highest BCUT2D eigenvalue weighted by atomic mass is 32.2. The van der Waals surface area contributed by atoms with Crippen molar-refractivity contribution in [2.45, 2.75) is 5.16 Å². The summed E-state index contributed by atoms with van der Waals surface area (Å²) in [6.07, 6.45) is 3.30. The normalized spacial score (nSPS) is 10.8. The van der Waals surface area contributed by atoms with Crippen molar-refractivity contribution in [3.05, 3.63) is 53.6 Å². The van der Waals surface area contributed by atoms with Crippen LogP contribution in [0.5, 0.6) is 23.0 Å². The maximum absolute atomic E-state index is 12.4. The van der Waals surface area contributed by atoms with Gasteiger partial charge < -0.3 is 18.9 Å². The molecule has 0 aliphatic rings. The lowest BCUT2D eigenvalue weighted by Gasteiger charge is -2.12. The molecule has 0 saturated heterocycles. The molecule has 0 radical (unpaired) electrons. The molecule has 3 aromatic rings. The van der Waals surface area contributed by atoms with Gasteiger partial charge in [0.05, 0.1) is 14.2 Å². The minimum absolute atomic E-state index is 0.0792. The highest BCUT2D eigenvalue weighted by Gasteiger charge is 2.13. The summed E-state index contributed by atoms with van der Waals surface area (Å²) >= 11 is 2.42. The molecular formula is C23H22N4O5S2. The van der Waals surface area contributed by atoms with Crippen molar-refractivity contribution >= 4 is 40.4 Å². The van der Waals surface area contributed by atoms with Crippen LogP contribution in [0.15, 0.2) is 53.2 Å². The molecule has 11 heteroatoms. The second-order valence-electron chi connectivity index (χ2n) is 6.49. The number of nitriles is 1. The molecule has 0 unspecified atom stereocenters. The van der Waals surface area contributed by atoms with Crippen molar-refractivity contribution < 1.29 is 23.7 Å². The zero-order valence-electron chi connectivity index (χ0n) is 18.7. The molecule has 3 rings (SSSR count). The van der Waals surface area contributed by atoms with Gasteiger partial charge in [0, 0.05) is 11.5 Å². The molecule has 176 valence electrons. The zero-order chi connectivity index (χ0) is 24.3. The molecule has 0 fully saturated rings. The SMILES string of the molecule is COc1ccc(OCCOc2ccc(C=C(C#N)C(=O)Nc3nc(SC)ns3)cc2OC)cc1. The Balaban J connectivity index is 1.60. The predicted molar refractivity (Wildman–Crippen MR) is 131 cm³/mol. The van der Waals surface area contributed by atoms with Crippen LogP contribution in [0.2, 0.25) is 0 Å². The number of hydrogen-bond acceptors (Lipinski definition) is 10. The van der Waals surface area contributed by atoms with Crippen LogP contribution in [0.25, 0.3) is 6.08 Å². The average Bonchev–Trinajstić information content (AvgIpc) is 3.33. The van der Waals surface area contributed by atoms with E-state index in [1.165, 1.54) is 24.9 Å². The van der Waals surface area contributed by atoms with Crippen LogP contribution < -0.4 is 24.3 Å². The standard InChI is InChI=1S/C23H22N4O5S2/c1-29-17-5-7-18(8-6-17)31-10-11-32-19-9-4-15(13-20(19)30-2)12-16(14-24)21(28)25-22-26-23(33-3)27-34-22/h4-9,12-13H,10-11H2,1-3H3,(H,25,26,27,28). The molecule has 0 aliphatic carbocycles. The summed E-state index contributed by atoms with van der Waals surface area (Å²) in [5.41, 5.74) is 0.525. The quantitative estimate of drug-likeness (QED) is 0.179. The monoisotopic (exact) mass is 498 g/mol. The Kier molecular flexibility index (Phi) is 9.13. The van der Waals surface area contributed by atoms with Crippen molar-refractivity contribution in [2.24, 2.45) is 0 Å². The summed E-state index contributed by atoms with van der Waals surface area (Å²) in [4.78, 5) is 16.6. The van der Waals surface area contributed by atoms with Gasteiger partial charge in [0.15, 0.2) is 11.5 Å². The predicted octanol–water partition coefficient (Wildman–Crippen LogP) is 4.28. The van der Waals surface area contributed by atoms with Crippen LogP contribution in [-0.4, -0.2) is 49.0 Å². The van der Waals surface area contributed by atoms with E-state index in [0.29, 0.717) is 46.3 Å². The number of hydrogen-bond donors (Lipinski definition) is 1. The minimum Gasteiger partial charge on any atom is -0.497 e. The largest absolute Gasteiger partial charge is 0.497 e. The van der Waals surface area contributed by atoms with Crippen molar-refractivity contribution in [3.8, 4) is 29.1 Å². The maximum atomic E-state index is 12.4. The summed E-state index contributed by atoms with van der Waals surface area (Å²) in [6, 6.07) is 14.3. The number of carbonyl (C=O) groups excluding carboxylic acids is 1. The van der Waals surface area contributed by atoms with E-state index in [4.69, 9.17) is 18.9 Å². The lowest BCUT2D eigenvalue weighted by Crippen LogP contribution is -2.13. The topological polar surface area (TPSA) is 116 Å². The molecule has 1 heterocycles.